The normalized spacial score (nSPS) is 15.2. The van der Waals surface area contributed by atoms with E-state index in [1.807, 2.05) is 12.1 Å². The van der Waals surface area contributed by atoms with Gasteiger partial charge in [-0.2, -0.15) is 0 Å². The van der Waals surface area contributed by atoms with E-state index in [1.165, 1.54) is 6.42 Å². The van der Waals surface area contributed by atoms with Crippen molar-refractivity contribution < 1.29 is 28.8 Å². The second-order valence-corrected chi connectivity index (χ2v) is 10.2. The number of nitrogens with one attached hydrogen (secondary N) is 1. The van der Waals surface area contributed by atoms with Crippen molar-refractivity contribution in [2.75, 3.05) is 46.7 Å². The first-order valence-electron chi connectivity index (χ1n) is 10.2. The third kappa shape index (κ3) is 7.74. The van der Waals surface area contributed by atoms with Crippen LogP contribution in [-0.4, -0.2) is 62.3 Å². The lowest BCUT2D eigenvalue weighted by Crippen LogP contribution is -2.29. The quantitative estimate of drug-likeness (QED) is 0.348. The van der Waals surface area contributed by atoms with Crippen LogP contribution in [0.3, 0.4) is 0 Å². The molecule has 29 heavy (non-hydrogen) atoms. The molecule has 2 rings (SSSR count). The van der Waals surface area contributed by atoms with Gasteiger partial charge in [0.2, 0.25) is 5.75 Å². The number of ether oxygens (including phenoxy) is 3. The summed E-state index contributed by atoms with van der Waals surface area (Å²) in [6, 6.07) is 3.76. The Hall–Kier alpha value is -1.40. The molecule has 0 atom stereocenters. The first-order valence-corrected chi connectivity index (χ1v) is 12.3. The molecule has 7 nitrogen and oxygen atoms in total. The molecule has 8 heteroatoms. The monoisotopic (exact) mass is 428 g/mol. The van der Waals surface area contributed by atoms with Gasteiger partial charge in [0.05, 0.1) is 27.9 Å². The molecule has 1 fully saturated rings. The van der Waals surface area contributed by atoms with Crippen molar-refractivity contribution in [1.29, 1.82) is 0 Å². The molecule has 0 bridgehead atoms. The predicted octanol–water partition coefficient (Wildman–Crippen LogP) is 2.83. The number of rotatable bonds is 12. The van der Waals surface area contributed by atoms with Crippen LogP contribution < -0.4 is 19.5 Å². The molecule has 0 spiro atoms. The molecule has 1 saturated carbocycles. The molecule has 0 unspecified atom stereocenters. The van der Waals surface area contributed by atoms with Crippen LogP contribution in [0.15, 0.2) is 12.1 Å². The third-order valence-electron chi connectivity index (χ3n) is 5.34. The van der Waals surface area contributed by atoms with E-state index in [-0.39, 0.29) is 18.5 Å². The maximum absolute atomic E-state index is 12.2. The Kier molecular flexibility index (Phi) is 9.63. The van der Waals surface area contributed by atoms with Crippen molar-refractivity contribution in [3.63, 3.8) is 0 Å². The highest BCUT2D eigenvalue weighted by atomic mass is 31.2. The molecule has 1 aromatic carbocycles. The molecule has 0 heterocycles. The lowest BCUT2D eigenvalue weighted by atomic mass is 9.91. The van der Waals surface area contributed by atoms with E-state index in [2.05, 4.69) is 5.32 Å². The van der Waals surface area contributed by atoms with Gasteiger partial charge in [0.15, 0.2) is 23.4 Å². The summed E-state index contributed by atoms with van der Waals surface area (Å²) in [6.07, 6.45) is 6.57. The van der Waals surface area contributed by atoms with Crippen molar-refractivity contribution in [3.05, 3.63) is 17.7 Å². The molecule has 1 aliphatic rings. The topological polar surface area (TPSA) is 97.3 Å². The van der Waals surface area contributed by atoms with Gasteiger partial charge in [0.25, 0.3) is 7.72 Å². The predicted molar refractivity (Wildman–Crippen MR) is 115 cm³/mol. The van der Waals surface area contributed by atoms with Crippen LogP contribution in [0.1, 0.15) is 37.7 Å². The van der Waals surface area contributed by atoms with Gasteiger partial charge in [-0.3, -0.25) is 4.79 Å². The van der Waals surface area contributed by atoms with Crippen LogP contribution in [0, 0.1) is 5.92 Å². The molecule has 0 aromatic heterocycles. The zero-order chi connectivity index (χ0) is 21.3. The minimum Gasteiger partial charge on any atom is -0.493 e. The highest BCUT2D eigenvalue weighted by Crippen LogP contribution is 2.53. The van der Waals surface area contributed by atoms with E-state index >= 15 is 0 Å². The SMILES string of the molecule is COc1cc(CCNCC(=O)C[P+](O)(O)CC2CCCCC2)cc(OC)c1OC. The number of carbonyl (C=O) groups excluding carboxylic acids is 1. The minimum absolute atomic E-state index is 0.124. The number of ketones is 1. The zero-order valence-electron chi connectivity index (χ0n) is 17.8. The molecule has 1 aliphatic carbocycles. The number of Topliss-reactive ketones (excluding diaryl/α,β-unsaturated/α-hetero) is 1. The highest BCUT2D eigenvalue weighted by Gasteiger charge is 2.39. The summed E-state index contributed by atoms with van der Waals surface area (Å²) in [7, 11) is 1.57. The fourth-order valence-corrected chi connectivity index (χ4v) is 5.92. The van der Waals surface area contributed by atoms with E-state index in [1.54, 1.807) is 21.3 Å². The fourth-order valence-electron chi connectivity index (χ4n) is 3.93. The molecular formula is C21H35NO6P+. The Morgan fingerprint density at radius 3 is 2.24 bits per heavy atom. The lowest BCUT2D eigenvalue weighted by molar-refractivity contribution is -0.116. The van der Waals surface area contributed by atoms with Crippen molar-refractivity contribution in [3.8, 4) is 17.2 Å². The van der Waals surface area contributed by atoms with E-state index in [0.717, 1.165) is 31.2 Å². The standard InChI is InChI=1S/C21H35NO6P/c1-26-19-11-17(12-20(27-2)21(19)28-3)9-10-22-13-18(23)15-29(24,25)14-16-7-5-4-6-8-16/h11-12,16,22,24-25H,4-10,13-15H2,1-3H3/q+1. The Labute approximate surface area is 174 Å². The largest absolute Gasteiger partial charge is 0.493 e. The van der Waals surface area contributed by atoms with Crippen LogP contribution in [-0.2, 0) is 11.2 Å². The van der Waals surface area contributed by atoms with E-state index < -0.39 is 7.72 Å². The van der Waals surface area contributed by atoms with Gasteiger partial charge in [0.1, 0.15) is 6.16 Å². The maximum atomic E-state index is 12.2. The number of hydrogen-bond acceptors (Lipinski definition) is 7. The van der Waals surface area contributed by atoms with Crippen molar-refractivity contribution in [1.82, 2.24) is 5.32 Å². The summed E-state index contributed by atoms with van der Waals surface area (Å²) < 4.78 is 16.0. The second-order valence-electron chi connectivity index (χ2n) is 7.72. The van der Waals surface area contributed by atoms with Crippen molar-refractivity contribution in [2.24, 2.45) is 5.92 Å². The van der Waals surface area contributed by atoms with Crippen LogP contribution in [0.2, 0.25) is 0 Å². The Bertz CT molecular complexity index is 636. The van der Waals surface area contributed by atoms with Crippen LogP contribution in [0.25, 0.3) is 0 Å². The van der Waals surface area contributed by atoms with Gasteiger partial charge < -0.3 is 19.5 Å². The number of carbonyl (C=O) groups is 1. The van der Waals surface area contributed by atoms with Gasteiger partial charge in [-0.05, 0) is 49.4 Å². The van der Waals surface area contributed by atoms with E-state index in [9.17, 15) is 14.6 Å². The van der Waals surface area contributed by atoms with Crippen molar-refractivity contribution in [2.45, 2.75) is 38.5 Å². The number of methoxy groups -OCH3 is 3. The summed E-state index contributed by atoms with van der Waals surface area (Å²) in [5.74, 6) is 1.94. The Morgan fingerprint density at radius 1 is 1.07 bits per heavy atom. The summed E-state index contributed by atoms with van der Waals surface area (Å²) >= 11 is 0. The van der Waals surface area contributed by atoms with Gasteiger partial charge in [-0.15, -0.1) is 0 Å². The lowest BCUT2D eigenvalue weighted by Gasteiger charge is -2.23. The summed E-state index contributed by atoms with van der Waals surface area (Å²) in [6.45, 7) is 0.716. The molecule has 0 aliphatic heterocycles. The van der Waals surface area contributed by atoms with Crippen LogP contribution >= 0.6 is 7.72 Å². The van der Waals surface area contributed by atoms with Crippen LogP contribution in [0.5, 0.6) is 17.2 Å². The highest BCUT2D eigenvalue weighted by molar-refractivity contribution is 7.65. The summed E-state index contributed by atoms with van der Waals surface area (Å²) in [5.41, 5.74) is 0.989. The fraction of sp³-hybridized carbons (Fsp3) is 0.667. The average Bonchev–Trinajstić information content (AvgIpc) is 2.70. The average molecular weight is 428 g/mol. The summed E-state index contributed by atoms with van der Waals surface area (Å²) in [4.78, 5) is 32.8. The second kappa shape index (κ2) is 11.7. The zero-order valence-corrected chi connectivity index (χ0v) is 18.7. The molecule has 3 N–H and O–H groups in total. The first kappa shape index (κ1) is 23.9. The molecule has 164 valence electrons. The Balaban J connectivity index is 1.77. The molecule has 0 amide bonds. The van der Waals surface area contributed by atoms with E-state index in [0.29, 0.717) is 42.3 Å². The Morgan fingerprint density at radius 2 is 1.69 bits per heavy atom. The number of benzene rings is 1. The van der Waals surface area contributed by atoms with Gasteiger partial charge >= 0.3 is 0 Å². The minimum atomic E-state index is -3.14. The third-order valence-corrected chi connectivity index (χ3v) is 7.30. The van der Waals surface area contributed by atoms with Gasteiger partial charge in [-0.1, -0.05) is 19.3 Å². The molecule has 1 aromatic rings. The summed E-state index contributed by atoms with van der Waals surface area (Å²) in [5, 5.41) is 3.10. The van der Waals surface area contributed by atoms with Crippen LogP contribution in [0.4, 0.5) is 0 Å². The maximum Gasteiger partial charge on any atom is 0.275 e. The van der Waals surface area contributed by atoms with Gasteiger partial charge in [0, 0.05) is 0 Å². The number of hydrogen-bond donors (Lipinski definition) is 3. The molecule has 0 radical (unpaired) electrons. The molecule has 0 saturated heterocycles. The molecular weight excluding hydrogens is 393 g/mol. The van der Waals surface area contributed by atoms with Gasteiger partial charge in [-0.25, -0.2) is 9.79 Å². The first-order chi connectivity index (χ1) is 13.9. The van der Waals surface area contributed by atoms with E-state index in [4.69, 9.17) is 14.2 Å². The van der Waals surface area contributed by atoms with Crippen molar-refractivity contribution >= 4 is 13.5 Å². The smallest absolute Gasteiger partial charge is 0.275 e.